The Hall–Kier alpha value is -0.830. The molecule has 1 aromatic rings. The van der Waals surface area contributed by atoms with E-state index in [1.807, 2.05) is 6.20 Å². The predicted octanol–water partition coefficient (Wildman–Crippen LogP) is 4.13. The molecule has 0 radical (unpaired) electrons. The van der Waals surface area contributed by atoms with Crippen molar-refractivity contribution in [1.82, 2.24) is 15.1 Å². The van der Waals surface area contributed by atoms with Crippen LogP contribution in [0.4, 0.5) is 0 Å². The summed E-state index contributed by atoms with van der Waals surface area (Å²) in [5.74, 6) is 0. The maximum Gasteiger partial charge on any atom is 0.0534 e. The van der Waals surface area contributed by atoms with E-state index in [1.165, 1.54) is 56.9 Å². The van der Waals surface area contributed by atoms with E-state index in [0.717, 1.165) is 19.6 Å². The summed E-state index contributed by atoms with van der Waals surface area (Å²) in [5, 5.41) is 7.83. The van der Waals surface area contributed by atoms with Crippen LogP contribution in [0.15, 0.2) is 12.4 Å². The van der Waals surface area contributed by atoms with Crippen LogP contribution in [0.3, 0.4) is 0 Å². The van der Waals surface area contributed by atoms with Crippen molar-refractivity contribution in [2.45, 2.75) is 78.3 Å². The first-order valence-electron chi connectivity index (χ1n) is 8.08. The fourth-order valence-electron chi connectivity index (χ4n) is 2.26. The van der Waals surface area contributed by atoms with Crippen LogP contribution in [0.25, 0.3) is 0 Å². The molecular formula is C16H31N3. The van der Waals surface area contributed by atoms with Crippen molar-refractivity contribution >= 4 is 0 Å². The van der Waals surface area contributed by atoms with E-state index in [9.17, 15) is 0 Å². The molecule has 0 aliphatic heterocycles. The van der Waals surface area contributed by atoms with E-state index < -0.39 is 0 Å². The Labute approximate surface area is 118 Å². The maximum absolute atomic E-state index is 4.42. The fraction of sp³-hybridized carbons (Fsp3) is 0.812. The second kappa shape index (κ2) is 11.0. The third-order valence-electron chi connectivity index (χ3n) is 3.43. The minimum atomic E-state index is 0.949. The van der Waals surface area contributed by atoms with E-state index in [0.29, 0.717) is 0 Å². The monoisotopic (exact) mass is 265 g/mol. The summed E-state index contributed by atoms with van der Waals surface area (Å²) in [6, 6.07) is 0. The number of unbranched alkanes of at least 4 members (excludes halogenated alkanes) is 6. The number of hydrogen-bond acceptors (Lipinski definition) is 2. The Morgan fingerprint density at radius 1 is 1.00 bits per heavy atom. The van der Waals surface area contributed by atoms with Gasteiger partial charge in [-0.25, -0.2) is 0 Å². The summed E-state index contributed by atoms with van der Waals surface area (Å²) in [5.41, 5.74) is 1.30. The lowest BCUT2D eigenvalue weighted by Gasteiger charge is -2.02. The van der Waals surface area contributed by atoms with Gasteiger partial charge in [-0.2, -0.15) is 5.10 Å². The van der Waals surface area contributed by atoms with Crippen LogP contribution in [0, 0.1) is 0 Å². The van der Waals surface area contributed by atoms with Gasteiger partial charge in [0.2, 0.25) is 0 Å². The molecule has 3 nitrogen and oxygen atoms in total. The first-order chi connectivity index (χ1) is 9.36. The highest BCUT2D eigenvalue weighted by molar-refractivity contribution is 5.03. The Morgan fingerprint density at radius 3 is 2.47 bits per heavy atom. The zero-order chi connectivity index (χ0) is 13.8. The molecular weight excluding hydrogens is 234 g/mol. The van der Waals surface area contributed by atoms with Crippen LogP contribution in [0.5, 0.6) is 0 Å². The zero-order valence-electron chi connectivity index (χ0n) is 12.8. The van der Waals surface area contributed by atoms with Crippen LogP contribution in [-0.4, -0.2) is 16.3 Å². The summed E-state index contributed by atoms with van der Waals surface area (Å²) in [6.07, 6.45) is 14.9. The van der Waals surface area contributed by atoms with E-state index in [-0.39, 0.29) is 0 Å². The largest absolute Gasteiger partial charge is 0.313 e. The number of rotatable bonds is 12. The molecule has 1 N–H and O–H groups in total. The average molecular weight is 265 g/mol. The van der Waals surface area contributed by atoms with Crippen molar-refractivity contribution in [3.8, 4) is 0 Å². The molecule has 110 valence electrons. The van der Waals surface area contributed by atoms with E-state index in [1.54, 1.807) is 0 Å². The van der Waals surface area contributed by atoms with E-state index in [2.05, 4.69) is 35.1 Å². The summed E-state index contributed by atoms with van der Waals surface area (Å²) >= 11 is 0. The third kappa shape index (κ3) is 8.04. The van der Waals surface area contributed by atoms with Crippen molar-refractivity contribution in [2.75, 3.05) is 6.54 Å². The Bertz CT molecular complexity index is 307. The number of aromatic nitrogens is 2. The van der Waals surface area contributed by atoms with Gasteiger partial charge in [0.1, 0.15) is 0 Å². The fourth-order valence-corrected chi connectivity index (χ4v) is 2.26. The Balaban J connectivity index is 2.03. The Morgan fingerprint density at radius 2 is 1.74 bits per heavy atom. The van der Waals surface area contributed by atoms with E-state index in [4.69, 9.17) is 0 Å². The first kappa shape index (κ1) is 16.2. The molecule has 0 aliphatic carbocycles. The smallest absolute Gasteiger partial charge is 0.0534 e. The SMILES string of the molecule is CCCCCCCCCn1cc(CNCCC)cn1. The summed E-state index contributed by atoms with van der Waals surface area (Å²) in [4.78, 5) is 0. The van der Waals surface area contributed by atoms with Crippen LogP contribution in [-0.2, 0) is 13.1 Å². The molecule has 19 heavy (non-hydrogen) atoms. The molecule has 0 aliphatic rings. The summed E-state index contributed by atoms with van der Waals surface area (Å²) in [7, 11) is 0. The van der Waals surface area contributed by atoms with Crippen molar-refractivity contribution in [1.29, 1.82) is 0 Å². The van der Waals surface area contributed by atoms with Crippen LogP contribution < -0.4 is 5.32 Å². The normalized spacial score (nSPS) is 11.1. The van der Waals surface area contributed by atoms with Crippen molar-refractivity contribution < 1.29 is 0 Å². The summed E-state index contributed by atoms with van der Waals surface area (Å²) in [6.45, 7) is 7.57. The van der Waals surface area contributed by atoms with Gasteiger partial charge >= 0.3 is 0 Å². The highest BCUT2D eigenvalue weighted by atomic mass is 15.3. The molecule has 0 bridgehead atoms. The molecule has 0 saturated heterocycles. The lowest BCUT2D eigenvalue weighted by molar-refractivity contribution is 0.523. The highest BCUT2D eigenvalue weighted by Crippen LogP contribution is 2.08. The number of aryl methyl sites for hydroxylation is 1. The van der Waals surface area contributed by atoms with E-state index >= 15 is 0 Å². The van der Waals surface area contributed by atoms with Gasteiger partial charge in [0.05, 0.1) is 6.20 Å². The van der Waals surface area contributed by atoms with Crippen molar-refractivity contribution in [3.63, 3.8) is 0 Å². The van der Waals surface area contributed by atoms with Gasteiger partial charge in [-0.3, -0.25) is 4.68 Å². The molecule has 0 aromatic carbocycles. The zero-order valence-corrected chi connectivity index (χ0v) is 12.8. The second-order valence-electron chi connectivity index (χ2n) is 5.41. The van der Waals surface area contributed by atoms with Gasteiger partial charge in [-0.1, -0.05) is 52.4 Å². The number of nitrogens with one attached hydrogen (secondary N) is 1. The van der Waals surface area contributed by atoms with Gasteiger partial charge in [-0.15, -0.1) is 0 Å². The van der Waals surface area contributed by atoms with Crippen molar-refractivity contribution in [3.05, 3.63) is 18.0 Å². The lowest BCUT2D eigenvalue weighted by Crippen LogP contribution is -2.13. The molecule has 0 spiro atoms. The minimum Gasteiger partial charge on any atom is -0.313 e. The topological polar surface area (TPSA) is 29.9 Å². The average Bonchev–Trinajstić information content (AvgIpc) is 2.86. The molecule has 0 amide bonds. The predicted molar refractivity (Wildman–Crippen MR) is 82.2 cm³/mol. The summed E-state index contributed by atoms with van der Waals surface area (Å²) < 4.78 is 2.09. The maximum atomic E-state index is 4.42. The molecule has 0 saturated carbocycles. The highest BCUT2D eigenvalue weighted by Gasteiger charge is 1.98. The standard InChI is InChI=1S/C16H31N3/c1-3-5-6-7-8-9-10-12-19-15-16(14-18-19)13-17-11-4-2/h14-15,17H,3-13H2,1-2H3. The van der Waals surface area contributed by atoms with Crippen molar-refractivity contribution in [2.24, 2.45) is 0 Å². The molecule has 0 unspecified atom stereocenters. The molecule has 3 heteroatoms. The minimum absolute atomic E-state index is 0.949. The van der Waals surface area contributed by atoms with Crippen LogP contribution >= 0.6 is 0 Å². The number of nitrogens with zero attached hydrogens (tertiary/aromatic N) is 2. The molecule has 0 fully saturated rings. The van der Waals surface area contributed by atoms with Crippen LogP contribution in [0.2, 0.25) is 0 Å². The van der Waals surface area contributed by atoms with Gasteiger partial charge in [0.25, 0.3) is 0 Å². The van der Waals surface area contributed by atoms with Gasteiger partial charge in [0, 0.05) is 24.8 Å². The second-order valence-corrected chi connectivity index (χ2v) is 5.41. The molecule has 1 rings (SSSR count). The molecule has 1 aromatic heterocycles. The first-order valence-corrected chi connectivity index (χ1v) is 8.08. The van der Waals surface area contributed by atoms with Gasteiger partial charge in [0.15, 0.2) is 0 Å². The molecule has 0 atom stereocenters. The third-order valence-corrected chi connectivity index (χ3v) is 3.43. The van der Waals surface area contributed by atoms with Crippen LogP contribution in [0.1, 0.15) is 70.8 Å². The number of hydrogen-bond donors (Lipinski definition) is 1. The van der Waals surface area contributed by atoms with Gasteiger partial charge < -0.3 is 5.32 Å². The Kier molecular flexibility index (Phi) is 9.42. The quantitative estimate of drug-likeness (QED) is 0.576. The lowest BCUT2D eigenvalue weighted by atomic mass is 10.1. The molecule has 1 heterocycles. The van der Waals surface area contributed by atoms with Gasteiger partial charge in [-0.05, 0) is 19.4 Å².